The molecule has 0 unspecified atom stereocenters. The first-order valence-electron chi connectivity index (χ1n) is 4.60. The van der Waals surface area contributed by atoms with Crippen LogP contribution in [0.25, 0.3) is 10.4 Å². The maximum Gasteiger partial charge on any atom is 0.177 e. The molecule has 0 radical (unpaired) electrons. The standard InChI is InChI=1S/C9H14N4O2/c1-2-5-14-9-8(10)4-3-7(15-9)6-12-13-11/h2-4,7-9H,1,5-6,10H2/t7-,8-,9-/m0/s1. The van der Waals surface area contributed by atoms with E-state index < -0.39 is 6.29 Å². The van der Waals surface area contributed by atoms with Crippen LogP contribution in [0, 0.1) is 0 Å². The Morgan fingerprint density at radius 2 is 2.47 bits per heavy atom. The van der Waals surface area contributed by atoms with Crippen molar-refractivity contribution in [3.63, 3.8) is 0 Å². The summed E-state index contributed by atoms with van der Waals surface area (Å²) in [4.78, 5) is 2.66. The van der Waals surface area contributed by atoms with Gasteiger partial charge in [-0.05, 0) is 5.53 Å². The van der Waals surface area contributed by atoms with Crippen molar-refractivity contribution < 1.29 is 9.47 Å². The molecule has 0 saturated heterocycles. The maximum absolute atomic E-state index is 8.17. The Morgan fingerprint density at radius 1 is 1.67 bits per heavy atom. The van der Waals surface area contributed by atoms with Crippen LogP contribution in [0.2, 0.25) is 0 Å². The minimum Gasteiger partial charge on any atom is -0.347 e. The fraction of sp³-hybridized carbons (Fsp3) is 0.556. The molecule has 2 N–H and O–H groups in total. The zero-order valence-corrected chi connectivity index (χ0v) is 8.32. The molecule has 15 heavy (non-hydrogen) atoms. The predicted molar refractivity (Wildman–Crippen MR) is 55.9 cm³/mol. The summed E-state index contributed by atoms with van der Waals surface area (Å²) in [5.41, 5.74) is 13.9. The van der Waals surface area contributed by atoms with Crippen molar-refractivity contribution >= 4 is 0 Å². The van der Waals surface area contributed by atoms with Gasteiger partial charge in [-0.3, -0.25) is 0 Å². The van der Waals surface area contributed by atoms with Crippen LogP contribution >= 0.6 is 0 Å². The van der Waals surface area contributed by atoms with Gasteiger partial charge in [-0.1, -0.05) is 23.3 Å². The molecule has 0 aliphatic carbocycles. The Bertz CT molecular complexity index is 286. The van der Waals surface area contributed by atoms with E-state index in [4.69, 9.17) is 20.7 Å². The Morgan fingerprint density at radius 3 is 3.13 bits per heavy atom. The van der Waals surface area contributed by atoms with Crippen molar-refractivity contribution in [2.75, 3.05) is 13.2 Å². The number of ether oxygens (including phenoxy) is 2. The van der Waals surface area contributed by atoms with E-state index in [0.717, 1.165) is 0 Å². The minimum atomic E-state index is -0.508. The maximum atomic E-state index is 8.17. The molecule has 6 heteroatoms. The first-order valence-corrected chi connectivity index (χ1v) is 4.60. The quantitative estimate of drug-likeness (QED) is 0.319. The first-order chi connectivity index (χ1) is 7.27. The highest BCUT2D eigenvalue weighted by molar-refractivity contribution is 5.03. The molecule has 6 nitrogen and oxygen atoms in total. The van der Waals surface area contributed by atoms with E-state index >= 15 is 0 Å². The zero-order valence-electron chi connectivity index (χ0n) is 8.32. The average Bonchev–Trinajstić information content (AvgIpc) is 2.26. The fourth-order valence-corrected chi connectivity index (χ4v) is 1.19. The summed E-state index contributed by atoms with van der Waals surface area (Å²) in [5, 5.41) is 3.42. The van der Waals surface area contributed by atoms with Gasteiger partial charge in [-0.25, -0.2) is 0 Å². The van der Waals surface area contributed by atoms with E-state index in [9.17, 15) is 0 Å². The van der Waals surface area contributed by atoms with E-state index in [1.165, 1.54) is 0 Å². The SMILES string of the molecule is C=CCO[C@H]1O[C@H](CN=[N+]=[N-])C=C[C@@H]1N. The summed E-state index contributed by atoms with van der Waals surface area (Å²) in [6.45, 7) is 4.15. The number of hydrogen-bond donors (Lipinski definition) is 1. The van der Waals surface area contributed by atoms with Gasteiger partial charge in [-0.2, -0.15) is 0 Å². The van der Waals surface area contributed by atoms with Crippen LogP contribution in [-0.4, -0.2) is 31.6 Å². The summed E-state index contributed by atoms with van der Waals surface area (Å²) in [5.74, 6) is 0. The molecule has 0 spiro atoms. The molecule has 82 valence electrons. The lowest BCUT2D eigenvalue weighted by Gasteiger charge is -2.29. The van der Waals surface area contributed by atoms with Crippen LogP contribution in [0.4, 0.5) is 0 Å². The van der Waals surface area contributed by atoms with Crippen molar-refractivity contribution in [3.8, 4) is 0 Å². The largest absolute Gasteiger partial charge is 0.347 e. The minimum absolute atomic E-state index is 0.244. The Balaban J connectivity index is 2.49. The van der Waals surface area contributed by atoms with Crippen molar-refractivity contribution in [3.05, 3.63) is 35.2 Å². The van der Waals surface area contributed by atoms with E-state index in [2.05, 4.69) is 16.6 Å². The lowest BCUT2D eigenvalue weighted by atomic mass is 10.2. The smallest absolute Gasteiger partial charge is 0.177 e. The van der Waals surface area contributed by atoms with Crippen molar-refractivity contribution in [2.45, 2.75) is 18.4 Å². The average molecular weight is 210 g/mol. The van der Waals surface area contributed by atoms with Crippen LogP contribution < -0.4 is 5.73 Å². The van der Waals surface area contributed by atoms with E-state index in [1.54, 1.807) is 18.2 Å². The van der Waals surface area contributed by atoms with Gasteiger partial charge in [0.2, 0.25) is 0 Å². The summed E-state index contributed by atoms with van der Waals surface area (Å²) in [6, 6.07) is -0.299. The molecule has 0 saturated carbocycles. The molecule has 0 aromatic heterocycles. The molecule has 1 rings (SSSR count). The Kier molecular flexibility index (Phi) is 4.86. The number of hydrogen-bond acceptors (Lipinski definition) is 4. The van der Waals surface area contributed by atoms with Crippen LogP contribution in [0.3, 0.4) is 0 Å². The van der Waals surface area contributed by atoms with E-state index in [1.807, 2.05) is 0 Å². The third-order valence-electron chi connectivity index (χ3n) is 1.87. The summed E-state index contributed by atoms with van der Waals surface area (Å²) in [7, 11) is 0. The van der Waals surface area contributed by atoms with Gasteiger partial charge >= 0.3 is 0 Å². The van der Waals surface area contributed by atoms with Crippen LogP contribution in [0.15, 0.2) is 29.9 Å². The summed E-state index contributed by atoms with van der Waals surface area (Å²) < 4.78 is 10.8. The molecular weight excluding hydrogens is 196 g/mol. The predicted octanol–water partition coefficient (Wildman–Crippen LogP) is 1.11. The van der Waals surface area contributed by atoms with E-state index in [0.29, 0.717) is 6.61 Å². The second kappa shape index (κ2) is 6.21. The monoisotopic (exact) mass is 210 g/mol. The molecule has 3 atom stereocenters. The second-order valence-corrected chi connectivity index (χ2v) is 3.04. The lowest BCUT2D eigenvalue weighted by Crippen LogP contribution is -2.43. The highest BCUT2D eigenvalue weighted by Crippen LogP contribution is 2.13. The van der Waals surface area contributed by atoms with Crippen molar-refractivity contribution in [1.29, 1.82) is 0 Å². The molecule has 0 amide bonds. The highest BCUT2D eigenvalue weighted by atomic mass is 16.7. The van der Waals surface area contributed by atoms with Gasteiger partial charge in [0.05, 0.1) is 25.3 Å². The highest BCUT2D eigenvalue weighted by Gasteiger charge is 2.24. The Hall–Kier alpha value is -1.33. The normalized spacial score (nSPS) is 29.5. The summed E-state index contributed by atoms with van der Waals surface area (Å²) in [6.07, 6.45) is 4.40. The molecular formula is C9H14N4O2. The molecule has 1 aliphatic rings. The van der Waals surface area contributed by atoms with Crippen molar-refractivity contribution in [2.24, 2.45) is 10.8 Å². The molecule has 0 aromatic rings. The molecule has 0 bridgehead atoms. The first kappa shape index (κ1) is 11.7. The van der Waals surface area contributed by atoms with Gasteiger partial charge in [0.15, 0.2) is 6.29 Å². The molecule has 0 aromatic carbocycles. The van der Waals surface area contributed by atoms with Gasteiger partial charge in [0, 0.05) is 4.91 Å². The van der Waals surface area contributed by atoms with Crippen LogP contribution in [0.5, 0.6) is 0 Å². The van der Waals surface area contributed by atoms with E-state index in [-0.39, 0.29) is 18.7 Å². The Labute approximate surface area is 88.0 Å². The van der Waals surface area contributed by atoms with Crippen LogP contribution in [0.1, 0.15) is 0 Å². The topological polar surface area (TPSA) is 93.2 Å². The van der Waals surface area contributed by atoms with Gasteiger partial charge in [0.1, 0.15) is 0 Å². The van der Waals surface area contributed by atoms with Crippen molar-refractivity contribution in [1.82, 2.24) is 0 Å². The third-order valence-corrected chi connectivity index (χ3v) is 1.87. The molecule has 1 heterocycles. The zero-order chi connectivity index (χ0) is 11.1. The molecule has 1 aliphatic heterocycles. The second-order valence-electron chi connectivity index (χ2n) is 3.04. The number of nitrogens with zero attached hydrogens (tertiary/aromatic N) is 3. The fourth-order valence-electron chi connectivity index (χ4n) is 1.19. The number of rotatable bonds is 5. The summed E-state index contributed by atoms with van der Waals surface area (Å²) >= 11 is 0. The number of azide groups is 1. The van der Waals surface area contributed by atoms with Gasteiger partial charge in [0.25, 0.3) is 0 Å². The number of nitrogens with two attached hydrogens (primary N) is 1. The lowest BCUT2D eigenvalue weighted by molar-refractivity contribution is -0.161. The van der Waals surface area contributed by atoms with Crippen LogP contribution in [-0.2, 0) is 9.47 Å². The van der Waals surface area contributed by atoms with Gasteiger partial charge < -0.3 is 15.2 Å². The third kappa shape index (κ3) is 3.73. The van der Waals surface area contributed by atoms with Gasteiger partial charge in [-0.15, -0.1) is 6.58 Å². The molecule has 0 fully saturated rings.